The minimum Gasteiger partial charge on any atom is -0.478 e. The van der Waals surface area contributed by atoms with Gasteiger partial charge >= 0.3 is 5.97 Å². The fourth-order valence-corrected chi connectivity index (χ4v) is 5.64. The third kappa shape index (κ3) is 5.60. The monoisotopic (exact) mass is 582 g/mol. The molecule has 0 radical (unpaired) electrons. The van der Waals surface area contributed by atoms with Gasteiger partial charge in [-0.15, -0.1) is 0 Å². The second kappa shape index (κ2) is 11.2. The number of halogens is 2. The summed E-state index contributed by atoms with van der Waals surface area (Å²) in [6, 6.07) is 13.9. The lowest BCUT2D eigenvalue weighted by molar-refractivity contribution is -0.0592. The lowest BCUT2D eigenvalue weighted by Crippen LogP contribution is -2.48. The van der Waals surface area contributed by atoms with Crippen LogP contribution in [0.3, 0.4) is 0 Å². The van der Waals surface area contributed by atoms with Crippen molar-refractivity contribution in [2.75, 3.05) is 32.8 Å². The number of amides is 1. The van der Waals surface area contributed by atoms with Crippen molar-refractivity contribution >= 4 is 46.1 Å². The Morgan fingerprint density at radius 1 is 1.02 bits per heavy atom. The van der Waals surface area contributed by atoms with Gasteiger partial charge in [-0.1, -0.05) is 29.3 Å². The van der Waals surface area contributed by atoms with Crippen molar-refractivity contribution in [3.63, 3.8) is 0 Å². The molecule has 4 aromatic rings. The molecule has 0 bridgehead atoms. The standard InChI is InChI=1S/C29H28Cl2N4O5/c30-20-3-1-18(23(31)15-20)13-21-4-6-26(40-21)28(36)34-10-8-33(9-11-34)17-27-32-24-5-2-19(29(37)38)14-25(24)35(27)16-22-7-12-39-22/h1-6,14-15,22H,7-13,16-17H2,(H,37,38)/t22-/m0/s1. The zero-order valence-electron chi connectivity index (χ0n) is 21.7. The molecule has 2 saturated heterocycles. The number of carboxylic acid groups (broad SMARTS) is 1. The lowest BCUT2D eigenvalue weighted by Gasteiger charge is -2.34. The quantitative estimate of drug-likeness (QED) is 0.313. The Bertz CT molecular complexity index is 1570. The molecule has 0 spiro atoms. The largest absolute Gasteiger partial charge is 0.478 e. The minimum atomic E-state index is -0.964. The van der Waals surface area contributed by atoms with E-state index in [2.05, 4.69) is 9.47 Å². The maximum atomic E-state index is 13.2. The minimum absolute atomic E-state index is 0.105. The first-order valence-electron chi connectivity index (χ1n) is 13.2. The third-order valence-electron chi connectivity index (χ3n) is 7.53. The van der Waals surface area contributed by atoms with Crippen LogP contribution in [0.1, 0.15) is 44.5 Å². The molecule has 40 heavy (non-hydrogen) atoms. The zero-order valence-corrected chi connectivity index (χ0v) is 23.2. The predicted molar refractivity (Wildman–Crippen MR) is 150 cm³/mol. The number of carbonyl (C=O) groups excluding carboxylic acids is 1. The van der Waals surface area contributed by atoms with Crippen molar-refractivity contribution in [1.82, 2.24) is 19.4 Å². The molecule has 0 aliphatic carbocycles. The molecule has 6 rings (SSSR count). The maximum absolute atomic E-state index is 13.2. The smallest absolute Gasteiger partial charge is 0.335 e. The molecular weight excluding hydrogens is 555 g/mol. The van der Waals surface area contributed by atoms with Gasteiger partial charge in [0.15, 0.2) is 5.76 Å². The Hall–Kier alpha value is -3.37. The summed E-state index contributed by atoms with van der Waals surface area (Å²) in [5.74, 6) is 0.735. The van der Waals surface area contributed by atoms with E-state index in [4.69, 9.17) is 37.3 Å². The Balaban J connectivity index is 1.10. The number of rotatable bonds is 8. The number of nitrogens with zero attached hydrogens (tertiary/aromatic N) is 4. The first-order valence-corrected chi connectivity index (χ1v) is 14.0. The van der Waals surface area contributed by atoms with Gasteiger partial charge in [0.2, 0.25) is 0 Å². The number of aromatic nitrogens is 2. The molecule has 9 nitrogen and oxygen atoms in total. The van der Waals surface area contributed by atoms with Gasteiger partial charge in [0.1, 0.15) is 11.6 Å². The van der Waals surface area contributed by atoms with Crippen molar-refractivity contribution < 1.29 is 23.8 Å². The summed E-state index contributed by atoms with van der Waals surface area (Å²) in [6.45, 7) is 4.47. The summed E-state index contributed by atoms with van der Waals surface area (Å²) in [5.41, 5.74) is 2.68. The molecule has 2 fully saturated rings. The Morgan fingerprint density at radius 3 is 2.52 bits per heavy atom. The predicted octanol–water partition coefficient (Wildman–Crippen LogP) is 4.97. The number of furan rings is 1. The highest BCUT2D eigenvalue weighted by atomic mass is 35.5. The van der Waals surface area contributed by atoms with E-state index in [9.17, 15) is 14.7 Å². The van der Waals surface area contributed by atoms with Gasteiger partial charge in [-0.25, -0.2) is 9.78 Å². The number of hydrogen-bond donors (Lipinski definition) is 1. The summed E-state index contributed by atoms with van der Waals surface area (Å²) < 4.78 is 13.6. The number of carboxylic acids is 1. The molecule has 4 heterocycles. The van der Waals surface area contributed by atoms with Gasteiger partial charge in [-0.3, -0.25) is 9.69 Å². The summed E-state index contributed by atoms with van der Waals surface area (Å²) >= 11 is 12.3. The molecule has 2 aromatic heterocycles. The summed E-state index contributed by atoms with van der Waals surface area (Å²) in [4.78, 5) is 33.6. The third-order valence-corrected chi connectivity index (χ3v) is 8.12. The maximum Gasteiger partial charge on any atom is 0.335 e. The topological polar surface area (TPSA) is 101 Å². The highest BCUT2D eigenvalue weighted by Crippen LogP contribution is 2.26. The van der Waals surface area contributed by atoms with Crippen LogP contribution in [0.5, 0.6) is 0 Å². The van der Waals surface area contributed by atoms with Crippen LogP contribution in [0.25, 0.3) is 11.0 Å². The van der Waals surface area contributed by atoms with Crippen LogP contribution < -0.4 is 0 Å². The molecule has 0 unspecified atom stereocenters. The van der Waals surface area contributed by atoms with Gasteiger partial charge < -0.3 is 23.7 Å². The number of fused-ring (bicyclic) bond motifs is 1. The Morgan fingerprint density at radius 2 is 1.82 bits per heavy atom. The first-order chi connectivity index (χ1) is 19.3. The van der Waals surface area contributed by atoms with Crippen molar-refractivity contribution in [3.8, 4) is 0 Å². The van der Waals surface area contributed by atoms with Crippen molar-refractivity contribution in [1.29, 1.82) is 0 Å². The van der Waals surface area contributed by atoms with Crippen LogP contribution in [0.4, 0.5) is 0 Å². The molecule has 1 atom stereocenters. The van der Waals surface area contributed by atoms with Gasteiger partial charge in [0.05, 0.1) is 35.8 Å². The molecule has 1 amide bonds. The van der Waals surface area contributed by atoms with Gasteiger partial charge in [0.25, 0.3) is 5.91 Å². The molecule has 2 aliphatic heterocycles. The fraction of sp³-hybridized carbons (Fsp3) is 0.345. The second-order valence-electron chi connectivity index (χ2n) is 10.2. The Labute approximate surface area is 240 Å². The zero-order chi connectivity index (χ0) is 27.8. The fourth-order valence-electron chi connectivity index (χ4n) is 5.17. The first kappa shape index (κ1) is 26.8. The van der Waals surface area contributed by atoms with Crippen LogP contribution in [0.15, 0.2) is 52.9 Å². The second-order valence-corrected chi connectivity index (χ2v) is 11.0. The van der Waals surface area contributed by atoms with E-state index >= 15 is 0 Å². The average Bonchev–Trinajstić information content (AvgIpc) is 3.52. The normalized spacial score (nSPS) is 17.8. The van der Waals surface area contributed by atoms with E-state index in [0.717, 1.165) is 35.4 Å². The van der Waals surface area contributed by atoms with E-state index in [-0.39, 0.29) is 17.6 Å². The Kier molecular flexibility index (Phi) is 7.55. The molecule has 2 aliphatic rings. The van der Waals surface area contributed by atoms with Crippen LogP contribution in [-0.4, -0.2) is 75.2 Å². The van der Waals surface area contributed by atoms with E-state index in [1.165, 1.54) is 0 Å². The van der Waals surface area contributed by atoms with E-state index in [1.807, 2.05) is 6.07 Å². The number of piperazine rings is 1. The summed E-state index contributed by atoms with van der Waals surface area (Å²) in [6.07, 6.45) is 1.55. The molecular formula is C29H28Cl2N4O5. The number of hydrogen-bond acceptors (Lipinski definition) is 6. The highest BCUT2D eigenvalue weighted by molar-refractivity contribution is 6.35. The van der Waals surface area contributed by atoms with Gasteiger partial charge in [0, 0.05) is 49.3 Å². The number of benzene rings is 2. The lowest BCUT2D eigenvalue weighted by atomic mass is 10.1. The summed E-state index contributed by atoms with van der Waals surface area (Å²) in [5, 5.41) is 10.6. The van der Waals surface area contributed by atoms with Crippen LogP contribution in [0, 0.1) is 0 Å². The molecule has 2 aromatic carbocycles. The van der Waals surface area contributed by atoms with E-state index < -0.39 is 5.97 Å². The average molecular weight is 583 g/mol. The highest BCUT2D eigenvalue weighted by Gasteiger charge is 2.27. The van der Waals surface area contributed by atoms with Gasteiger partial charge in [-0.2, -0.15) is 0 Å². The molecule has 11 heteroatoms. The number of imidazole rings is 1. The number of aromatic carboxylic acids is 1. The number of ether oxygens (including phenoxy) is 1. The van der Waals surface area contributed by atoms with Crippen LogP contribution >= 0.6 is 23.2 Å². The number of carbonyl (C=O) groups is 2. The van der Waals surface area contributed by atoms with E-state index in [1.54, 1.807) is 47.4 Å². The van der Waals surface area contributed by atoms with Gasteiger partial charge in [-0.05, 0) is 54.4 Å². The molecule has 1 N–H and O–H groups in total. The SMILES string of the molecule is O=C(O)c1ccc2nc(CN3CCN(C(=O)c4ccc(Cc5ccc(Cl)cc5Cl)o4)CC3)n(C[C@@H]3CCO3)c2c1. The van der Waals surface area contributed by atoms with Crippen molar-refractivity contribution in [3.05, 3.63) is 87.0 Å². The molecule has 208 valence electrons. The van der Waals surface area contributed by atoms with Crippen LogP contribution in [0.2, 0.25) is 10.0 Å². The summed E-state index contributed by atoms with van der Waals surface area (Å²) in [7, 11) is 0. The van der Waals surface area contributed by atoms with E-state index in [0.29, 0.717) is 67.3 Å². The molecule has 0 saturated carbocycles. The van der Waals surface area contributed by atoms with Crippen LogP contribution in [-0.2, 0) is 24.2 Å². The van der Waals surface area contributed by atoms with Crippen molar-refractivity contribution in [2.24, 2.45) is 0 Å². The van der Waals surface area contributed by atoms with Crippen molar-refractivity contribution in [2.45, 2.75) is 32.0 Å².